The van der Waals surface area contributed by atoms with Crippen LogP contribution in [0.3, 0.4) is 0 Å². The van der Waals surface area contributed by atoms with Crippen molar-refractivity contribution in [3.05, 3.63) is 0 Å². The molecule has 0 nitrogen and oxygen atoms in total. The van der Waals surface area contributed by atoms with Crippen LogP contribution in [0.2, 0.25) is 0 Å². The van der Waals surface area contributed by atoms with Crippen LogP contribution in [0.5, 0.6) is 0 Å². The van der Waals surface area contributed by atoms with E-state index in [0.29, 0.717) is 0 Å². The lowest BCUT2D eigenvalue weighted by Gasteiger charge is -2.34. The summed E-state index contributed by atoms with van der Waals surface area (Å²) in [6, 6.07) is 0. The molecule has 0 radical (unpaired) electrons. The van der Waals surface area contributed by atoms with Crippen LogP contribution >= 0.6 is 0 Å². The average molecular weight is 182 g/mol. The molecule has 0 saturated heterocycles. The zero-order chi connectivity index (χ0) is 9.73. The van der Waals surface area contributed by atoms with Crippen molar-refractivity contribution >= 4 is 0 Å². The monoisotopic (exact) mass is 182 g/mol. The zero-order valence-electron chi connectivity index (χ0n) is 9.73. The van der Waals surface area contributed by atoms with Gasteiger partial charge in [-0.05, 0) is 24.2 Å². The second kappa shape index (κ2) is 5.02. The highest BCUT2D eigenvalue weighted by Gasteiger charge is 2.36. The van der Waals surface area contributed by atoms with Crippen molar-refractivity contribution in [2.24, 2.45) is 11.3 Å². The average Bonchev–Trinajstić information content (AvgIpc) is 2.63. The van der Waals surface area contributed by atoms with Gasteiger partial charge in [0.05, 0.1) is 0 Å². The Kier molecular flexibility index (Phi) is 4.28. The summed E-state index contributed by atoms with van der Waals surface area (Å²) < 4.78 is 0. The topological polar surface area (TPSA) is 0 Å². The van der Waals surface area contributed by atoms with Crippen LogP contribution < -0.4 is 0 Å². The van der Waals surface area contributed by atoms with Gasteiger partial charge in [0.15, 0.2) is 0 Å². The second-order valence-electron chi connectivity index (χ2n) is 4.97. The van der Waals surface area contributed by atoms with Gasteiger partial charge in [-0.1, -0.05) is 59.3 Å². The summed E-state index contributed by atoms with van der Waals surface area (Å²) in [5.41, 5.74) is 0.745. The molecule has 0 heterocycles. The van der Waals surface area contributed by atoms with Gasteiger partial charge in [-0.3, -0.25) is 0 Å². The van der Waals surface area contributed by atoms with Crippen molar-refractivity contribution in [1.29, 1.82) is 0 Å². The number of rotatable bonds is 5. The first kappa shape index (κ1) is 11.1. The third-order valence-corrected chi connectivity index (χ3v) is 4.34. The van der Waals surface area contributed by atoms with Crippen LogP contribution in [0.4, 0.5) is 0 Å². The fraction of sp³-hybridized carbons (Fsp3) is 1.00. The van der Waals surface area contributed by atoms with Crippen molar-refractivity contribution in [1.82, 2.24) is 0 Å². The van der Waals surface area contributed by atoms with Crippen LogP contribution in [0, 0.1) is 11.3 Å². The van der Waals surface area contributed by atoms with Gasteiger partial charge in [-0.15, -0.1) is 0 Å². The van der Waals surface area contributed by atoms with Crippen LogP contribution in [0.25, 0.3) is 0 Å². The predicted octanol–water partition coefficient (Wildman–Crippen LogP) is 4.78. The van der Waals surface area contributed by atoms with Gasteiger partial charge in [0.2, 0.25) is 0 Å². The molecule has 1 aliphatic rings. The van der Waals surface area contributed by atoms with Crippen LogP contribution in [-0.2, 0) is 0 Å². The molecular formula is C13H26. The predicted molar refractivity (Wildman–Crippen MR) is 59.9 cm³/mol. The minimum atomic E-state index is 0.745. The van der Waals surface area contributed by atoms with Crippen LogP contribution in [0.1, 0.15) is 72.1 Å². The number of hydrogen-bond donors (Lipinski definition) is 0. The molecule has 0 aliphatic heterocycles. The van der Waals surface area contributed by atoms with Crippen LogP contribution in [0.15, 0.2) is 0 Å². The van der Waals surface area contributed by atoms with Crippen LogP contribution in [-0.4, -0.2) is 0 Å². The van der Waals surface area contributed by atoms with Gasteiger partial charge < -0.3 is 0 Å². The van der Waals surface area contributed by atoms with E-state index >= 15 is 0 Å². The lowest BCUT2D eigenvalue weighted by molar-refractivity contribution is 0.160. The van der Waals surface area contributed by atoms with E-state index in [1.165, 1.54) is 51.4 Å². The molecule has 0 spiro atoms. The number of unbranched alkanes of at least 4 members (excludes halogenated alkanes) is 1. The Morgan fingerprint density at radius 1 is 1.15 bits per heavy atom. The summed E-state index contributed by atoms with van der Waals surface area (Å²) in [4.78, 5) is 0. The molecule has 1 rings (SSSR count). The minimum absolute atomic E-state index is 0.745. The van der Waals surface area contributed by atoms with E-state index in [9.17, 15) is 0 Å². The summed E-state index contributed by atoms with van der Waals surface area (Å²) in [5, 5.41) is 0. The van der Waals surface area contributed by atoms with E-state index in [0.717, 1.165) is 11.3 Å². The molecular weight excluding hydrogens is 156 g/mol. The highest BCUT2D eigenvalue weighted by Crippen LogP contribution is 2.48. The molecule has 1 aliphatic carbocycles. The third-order valence-electron chi connectivity index (χ3n) is 4.34. The van der Waals surface area contributed by atoms with E-state index < -0.39 is 0 Å². The lowest BCUT2D eigenvalue weighted by Crippen LogP contribution is -2.24. The highest BCUT2D eigenvalue weighted by molar-refractivity contribution is 4.87. The van der Waals surface area contributed by atoms with E-state index in [2.05, 4.69) is 20.8 Å². The Bertz CT molecular complexity index is 131. The first-order valence-corrected chi connectivity index (χ1v) is 6.25. The van der Waals surface area contributed by atoms with Crippen molar-refractivity contribution in [2.45, 2.75) is 72.1 Å². The molecule has 1 saturated carbocycles. The second-order valence-corrected chi connectivity index (χ2v) is 4.97. The standard InChI is InChI=1S/C13H26/c1-4-6-9-12(3)13(5-2)10-7-8-11-13/h12H,4-11H2,1-3H3. The summed E-state index contributed by atoms with van der Waals surface area (Å²) in [6.45, 7) is 7.19. The minimum Gasteiger partial charge on any atom is -0.0654 e. The van der Waals surface area contributed by atoms with Crippen molar-refractivity contribution < 1.29 is 0 Å². The fourth-order valence-electron chi connectivity index (χ4n) is 3.09. The molecule has 0 bridgehead atoms. The zero-order valence-corrected chi connectivity index (χ0v) is 9.73. The van der Waals surface area contributed by atoms with Gasteiger partial charge in [0, 0.05) is 0 Å². The molecule has 1 fully saturated rings. The first-order chi connectivity index (χ1) is 6.25. The van der Waals surface area contributed by atoms with Gasteiger partial charge in [-0.25, -0.2) is 0 Å². The highest BCUT2D eigenvalue weighted by atomic mass is 14.4. The molecule has 0 amide bonds. The Morgan fingerprint density at radius 2 is 1.77 bits per heavy atom. The van der Waals surface area contributed by atoms with E-state index in [4.69, 9.17) is 0 Å². The summed E-state index contributed by atoms with van der Waals surface area (Å²) in [7, 11) is 0. The lowest BCUT2D eigenvalue weighted by atomic mass is 9.71. The molecule has 13 heavy (non-hydrogen) atoms. The molecule has 1 unspecified atom stereocenters. The van der Waals surface area contributed by atoms with Gasteiger partial charge in [-0.2, -0.15) is 0 Å². The maximum Gasteiger partial charge on any atom is -0.0274 e. The van der Waals surface area contributed by atoms with E-state index in [1.54, 1.807) is 0 Å². The maximum absolute atomic E-state index is 2.49. The van der Waals surface area contributed by atoms with E-state index in [1.807, 2.05) is 0 Å². The summed E-state index contributed by atoms with van der Waals surface area (Å²) in [5.74, 6) is 0.972. The Hall–Kier alpha value is 0. The molecule has 0 heteroatoms. The van der Waals surface area contributed by atoms with Gasteiger partial charge in [0.1, 0.15) is 0 Å². The van der Waals surface area contributed by atoms with Crippen molar-refractivity contribution in [2.75, 3.05) is 0 Å². The molecule has 1 atom stereocenters. The SMILES string of the molecule is CCCCC(C)C1(CC)CCCC1. The summed E-state index contributed by atoms with van der Waals surface area (Å²) >= 11 is 0. The Morgan fingerprint density at radius 3 is 2.23 bits per heavy atom. The normalized spacial score (nSPS) is 23.3. The van der Waals surface area contributed by atoms with E-state index in [-0.39, 0.29) is 0 Å². The largest absolute Gasteiger partial charge is 0.0654 e. The molecule has 0 aromatic rings. The smallest absolute Gasteiger partial charge is 0.0274 e. The molecule has 0 aromatic heterocycles. The number of hydrogen-bond acceptors (Lipinski definition) is 0. The molecule has 0 aromatic carbocycles. The molecule has 78 valence electrons. The van der Waals surface area contributed by atoms with Gasteiger partial charge >= 0.3 is 0 Å². The fourth-order valence-corrected chi connectivity index (χ4v) is 3.09. The first-order valence-electron chi connectivity index (χ1n) is 6.25. The molecule has 0 N–H and O–H groups in total. The third kappa shape index (κ3) is 2.48. The quantitative estimate of drug-likeness (QED) is 0.574. The Balaban J connectivity index is 2.44. The van der Waals surface area contributed by atoms with Gasteiger partial charge in [0.25, 0.3) is 0 Å². The van der Waals surface area contributed by atoms with Crippen molar-refractivity contribution in [3.63, 3.8) is 0 Å². The Labute approximate surface area is 84.1 Å². The maximum atomic E-state index is 2.49. The van der Waals surface area contributed by atoms with Crippen molar-refractivity contribution in [3.8, 4) is 0 Å². The summed E-state index contributed by atoms with van der Waals surface area (Å²) in [6.07, 6.45) is 11.7.